The SMILES string of the molecule is CCC(Br)c1cc2cc(F)ccc2[nH]1. The molecule has 1 aromatic heterocycles. The van der Waals surface area contributed by atoms with Crippen LogP contribution in [0.5, 0.6) is 0 Å². The molecule has 0 fully saturated rings. The first kappa shape index (κ1) is 9.71. The molecule has 2 rings (SSSR count). The minimum Gasteiger partial charge on any atom is -0.357 e. The first-order valence-corrected chi connectivity index (χ1v) is 5.54. The molecule has 1 atom stereocenters. The van der Waals surface area contributed by atoms with Crippen molar-refractivity contribution in [1.82, 2.24) is 4.98 Å². The average molecular weight is 256 g/mol. The number of aromatic nitrogens is 1. The van der Waals surface area contributed by atoms with Crippen LogP contribution in [0.25, 0.3) is 10.9 Å². The van der Waals surface area contributed by atoms with E-state index in [9.17, 15) is 4.39 Å². The Kier molecular flexibility index (Phi) is 2.59. The van der Waals surface area contributed by atoms with Crippen LogP contribution in [0.15, 0.2) is 24.3 Å². The minimum absolute atomic E-state index is 0.189. The number of hydrogen-bond donors (Lipinski definition) is 1. The van der Waals surface area contributed by atoms with E-state index in [1.54, 1.807) is 12.1 Å². The number of rotatable bonds is 2. The lowest BCUT2D eigenvalue weighted by Gasteiger charge is -2.01. The second-order valence-corrected chi connectivity index (χ2v) is 4.44. The Hall–Kier alpha value is -0.830. The number of nitrogens with one attached hydrogen (secondary N) is 1. The van der Waals surface area contributed by atoms with Crippen molar-refractivity contribution in [3.8, 4) is 0 Å². The van der Waals surface area contributed by atoms with Gasteiger partial charge in [-0.2, -0.15) is 0 Å². The zero-order valence-corrected chi connectivity index (χ0v) is 9.44. The van der Waals surface area contributed by atoms with E-state index in [0.29, 0.717) is 4.83 Å². The zero-order chi connectivity index (χ0) is 10.1. The number of hydrogen-bond acceptors (Lipinski definition) is 0. The van der Waals surface area contributed by atoms with Gasteiger partial charge >= 0.3 is 0 Å². The summed E-state index contributed by atoms with van der Waals surface area (Å²) in [5, 5.41) is 0.929. The first-order chi connectivity index (χ1) is 6.70. The lowest BCUT2D eigenvalue weighted by atomic mass is 10.2. The summed E-state index contributed by atoms with van der Waals surface area (Å²) >= 11 is 3.56. The zero-order valence-electron chi connectivity index (χ0n) is 7.85. The monoisotopic (exact) mass is 255 g/mol. The molecule has 0 aliphatic carbocycles. The maximum atomic E-state index is 12.9. The van der Waals surface area contributed by atoms with Crippen LogP contribution in [0.2, 0.25) is 0 Å². The fraction of sp³-hybridized carbons (Fsp3) is 0.273. The van der Waals surface area contributed by atoms with Gasteiger partial charge in [0, 0.05) is 16.6 Å². The van der Waals surface area contributed by atoms with E-state index >= 15 is 0 Å². The molecule has 1 heterocycles. The second kappa shape index (κ2) is 3.73. The van der Waals surface area contributed by atoms with E-state index in [4.69, 9.17) is 0 Å². The Labute approximate surface area is 90.5 Å². The van der Waals surface area contributed by atoms with Gasteiger partial charge in [0.2, 0.25) is 0 Å². The molecule has 0 saturated carbocycles. The quantitative estimate of drug-likeness (QED) is 0.777. The molecular formula is C11H11BrFN. The Balaban J connectivity index is 2.51. The number of alkyl halides is 1. The van der Waals surface area contributed by atoms with Crippen LogP contribution >= 0.6 is 15.9 Å². The third kappa shape index (κ3) is 1.69. The van der Waals surface area contributed by atoms with Gasteiger partial charge in [0.25, 0.3) is 0 Å². The van der Waals surface area contributed by atoms with Crippen LogP contribution in [0.3, 0.4) is 0 Å². The molecular weight excluding hydrogens is 245 g/mol. The van der Waals surface area contributed by atoms with E-state index in [1.807, 2.05) is 6.07 Å². The van der Waals surface area contributed by atoms with Crippen molar-refractivity contribution in [2.75, 3.05) is 0 Å². The largest absolute Gasteiger partial charge is 0.357 e. The van der Waals surface area contributed by atoms with E-state index in [1.165, 1.54) is 6.07 Å². The summed E-state index contributed by atoms with van der Waals surface area (Å²) in [5.41, 5.74) is 2.09. The molecule has 0 radical (unpaired) electrons. The second-order valence-electron chi connectivity index (χ2n) is 3.33. The molecule has 0 aliphatic rings. The fourth-order valence-corrected chi connectivity index (χ4v) is 1.76. The number of fused-ring (bicyclic) bond motifs is 1. The molecule has 0 spiro atoms. The number of aromatic amines is 1. The molecule has 0 aliphatic heterocycles. The molecule has 1 aromatic carbocycles. The van der Waals surface area contributed by atoms with E-state index in [-0.39, 0.29) is 5.82 Å². The summed E-state index contributed by atoms with van der Waals surface area (Å²) in [7, 11) is 0. The predicted octanol–water partition coefficient (Wildman–Crippen LogP) is 4.15. The normalized spacial score (nSPS) is 13.4. The topological polar surface area (TPSA) is 15.8 Å². The Bertz CT molecular complexity index is 449. The van der Waals surface area contributed by atoms with Crippen LogP contribution in [0, 0.1) is 5.82 Å². The van der Waals surface area contributed by atoms with Gasteiger partial charge in [-0.25, -0.2) is 4.39 Å². The highest BCUT2D eigenvalue weighted by Crippen LogP contribution is 2.28. The molecule has 0 saturated heterocycles. The molecule has 0 amide bonds. The van der Waals surface area contributed by atoms with Crippen LogP contribution in [0.4, 0.5) is 4.39 Å². The van der Waals surface area contributed by atoms with E-state index < -0.39 is 0 Å². The van der Waals surface area contributed by atoms with Gasteiger partial charge in [0.1, 0.15) is 5.82 Å². The molecule has 2 aromatic rings. The summed E-state index contributed by atoms with van der Waals surface area (Å²) in [5.74, 6) is -0.189. The van der Waals surface area contributed by atoms with E-state index in [2.05, 4.69) is 27.8 Å². The van der Waals surface area contributed by atoms with Gasteiger partial charge < -0.3 is 4.98 Å². The summed E-state index contributed by atoms with van der Waals surface area (Å²) in [6.45, 7) is 2.10. The molecule has 0 bridgehead atoms. The van der Waals surface area contributed by atoms with Gasteiger partial charge in [0.15, 0.2) is 0 Å². The average Bonchev–Trinajstić information content (AvgIpc) is 2.59. The standard InChI is InChI=1S/C11H11BrFN/c1-2-9(12)11-6-7-5-8(13)3-4-10(7)14-11/h3-6,9,14H,2H2,1H3. The third-order valence-corrected chi connectivity index (χ3v) is 3.44. The lowest BCUT2D eigenvalue weighted by molar-refractivity contribution is 0.630. The van der Waals surface area contributed by atoms with Gasteiger partial charge in [-0.05, 0) is 30.7 Å². The Morgan fingerprint density at radius 1 is 1.43 bits per heavy atom. The molecule has 1 N–H and O–H groups in total. The highest BCUT2D eigenvalue weighted by molar-refractivity contribution is 9.09. The van der Waals surface area contributed by atoms with Crippen LogP contribution in [-0.4, -0.2) is 4.98 Å². The lowest BCUT2D eigenvalue weighted by Crippen LogP contribution is -1.85. The molecule has 3 heteroatoms. The highest BCUT2D eigenvalue weighted by Gasteiger charge is 2.08. The van der Waals surface area contributed by atoms with E-state index in [0.717, 1.165) is 23.0 Å². The van der Waals surface area contributed by atoms with Crippen LogP contribution < -0.4 is 0 Å². The number of benzene rings is 1. The third-order valence-electron chi connectivity index (χ3n) is 2.30. The fourth-order valence-electron chi connectivity index (χ4n) is 1.51. The molecule has 1 unspecified atom stereocenters. The van der Waals surface area contributed by atoms with Gasteiger partial charge in [0.05, 0.1) is 4.83 Å². The molecule has 14 heavy (non-hydrogen) atoms. The number of halogens is 2. The van der Waals surface area contributed by atoms with Gasteiger partial charge in [-0.15, -0.1) is 0 Å². The van der Waals surface area contributed by atoms with Crippen LogP contribution in [0.1, 0.15) is 23.9 Å². The Morgan fingerprint density at radius 3 is 2.93 bits per heavy atom. The number of H-pyrrole nitrogens is 1. The van der Waals surface area contributed by atoms with Crippen molar-refractivity contribution in [3.05, 3.63) is 35.8 Å². The van der Waals surface area contributed by atoms with Crippen molar-refractivity contribution < 1.29 is 4.39 Å². The maximum absolute atomic E-state index is 12.9. The van der Waals surface area contributed by atoms with Crippen molar-refractivity contribution in [2.24, 2.45) is 0 Å². The Morgan fingerprint density at radius 2 is 2.21 bits per heavy atom. The molecule has 74 valence electrons. The summed E-state index contributed by atoms with van der Waals surface area (Å²) in [4.78, 5) is 3.58. The smallest absolute Gasteiger partial charge is 0.123 e. The van der Waals surface area contributed by atoms with Crippen molar-refractivity contribution in [3.63, 3.8) is 0 Å². The van der Waals surface area contributed by atoms with Crippen molar-refractivity contribution >= 4 is 26.8 Å². The summed E-state index contributed by atoms with van der Waals surface area (Å²) in [6, 6.07) is 6.77. The van der Waals surface area contributed by atoms with Crippen molar-refractivity contribution in [2.45, 2.75) is 18.2 Å². The van der Waals surface area contributed by atoms with Gasteiger partial charge in [-0.3, -0.25) is 0 Å². The summed E-state index contributed by atoms with van der Waals surface area (Å²) in [6.07, 6.45) is 1.01. The van der Waals surface area contributed by atoms with Crippen molar-refractivity contribution in [1.29, 1.82) is 0 Å². The van der Waals surface area contributed by atoms with Crippen LogP contribution in [-0.2, 0) is 0 Å². The minimum atomic E-state index is -0.189. The predicted molar refractivity (Wildman–Crippen MR) is 60.2 cm³/mol. The summed E-state index contributed by atoms with van der Waals surface area (Å²) < 4.78 is 12.9. The maximum Gasteiger partial charge on any atom is 0.123 e. The van der Waals surface area contributed by atoms with Gasteiger partial charge in [-0.1, -0.05) is 22.9 Å². The first-order valence-electron chi connectivity index (χ1n) is 4.63. The highest BCUT2D eigenvalue weighted by atomic mass is 79.9. The molecule has 1 nitrogen and oxygen atoms in total.